The molecule has 130 valence electrons. The summed E-state index contributed by atoms with van der Waals surface area (Å²) < 4.78 is 10.3. The number of esters is 1. The minimum absolute atomic E-state index is 0.226. The molecule has 6 nitrogen and oxygen atoms in total. The number of ether oxygens (including phenoxy) is 2. The number of carbonyl (C=O) groups is 2. The van der Waals surface area contributed by atoms with Gasteiger partial charge in [0.1, 0.15) is 0 Å². The van der Waals surface area contributed by atoms with Crippen LogP contribution in [0, 0.1) is 0 Å². The van der Waals surface area contributed by atoms with Crippen molar-refractivity contribution in [1.29, 1.82) is 0 Å². The van der Waals surface area contributed by atoms with Crippen LogP contribution in [0.5, 0.6) is 5.75 Å². The molecule has 0 radical (unpaired) electrons. The van der Waals surface area contributed by atoms with Crippen molar-refractivity contribution < 1.29 is 19.1 Å². The van der Waals surface area contributed by atoms with E-state index in [1.807, 2.05) is 6.92 Å². The van der Waals surface area contributed by atoms with Crippen LogP contribution in [0.2, 0.25) is 10.0 Å². The second kappa shape index (κ2) is 7.77. The molecule has 24 heavy (non-hydrogen) atoms. The van der Waals surface area contributed by atoms with E-state index in [1.165, 1.54) is 7.11 Å². The van der Waals surface area contributed by atoms with Gasteiger partial charge >= 0.3 is 12.0 Å². The maximum Gasteiger partial charge on any atom is 0.338 e. The number of allylic oxidation sites excluding steroid dienone is 1. The predicted octanol–water partition coefficient (Wildman–Crippen LogP) is 3.58. The highest BCUT2D eigenvalue weighted by Gasteiger charge is 2.33. The van der Waals surface area contributed by atoms with Crippen LogP contribution in [0.1, 0.15) is 31.9 Å². The normalized spacial score (nSPS) is 17.2. The summed E-state index contributed by atoms with van der Waals surface area (Å²) in [7, 11) is 1.46. The number of carbonyl (C=O) groups excluding carboxylic acids is 2. The highest BCUT2D eigenvalue weighted by atomic mass is 35.5. The van der Waals surface area contributed by atoms with Crippen molar-refractivity contribution in [3.05, 3.63) is 39.0 Å². The average molecular weight is 373 g/mol. The van der Waals surface area contributed by atoms with Crippen LogP contribution >= 0.6 is 23.2 Å². The van der Waals surface area contributed by atoms with Crippen molar-refractivity contribution in [2.45, 2.75) is 26.3 Å². The molecular formula is C16H18Cl2N2O4. The number of halogens is 2. The highest BCUT2D eigenvalue weighted by molar-refractivity contribution is 6.37. The smallest absolute Gasteiger partial charge is 0.338 e. The van der Waals surface area contributed by atoms with Crippen molar-refractivity contribution in [1.82, 2.24) is 10.6 Å². The first-order valence-electron chi connectivity index (χ1n) is 7.43. The monoisotopic (exact) mass is 372 g/mol. The van der Waals surface area contributed by atoms with E-state index in [2.05, 4.69) is 10.6 Å². The van der Waals surface area contributed by atoms with Gasteiger partial charge in [-0.25, -0.2) is 9.59 Å². The minimum atomic E-state index is -0.714. The Kier molecular flexibility index (Phi) is 5.96. The lowest BCUT2D eigenvalue weighted by Crippen LogP contribution is -2.45. The van der Waals surface area contributed by atoms with Crippen LogP contribution in [-0.2, 0) is 9.53 Å². The molecule has 1 unspecified atom stereocenters. The van der Waals surface area contributed by atoms with E-state index in [4.69, 9.17) is 32.7 Å². The molecule has 0 fully saturated rings. The zero-order valence-electron chi connectivity index (χ0n) is 13.5. The van der Waals surface area contributed by atoms with Gasteiger partial charge in [0.25, 0.3) is 0 Å². The summed E-state index contributed by atoms with van der Waals surface area (Å²) in [5, 5.41) is 5.93. The number of methoxy groups -OCH3 is 1. The number of hydrogen-bond donors (Lipinski definition) is 2. The molecule has 1 aliphatic heterocycles. The molecule has 2 amide bonds. The lowest BCUT2D eigenvalue weighted by atomic mass is 9.94. The van der Waals surface area contributed by atoms with Crippen LogP contribution in [0.25, 0.3) is 0 Å². The molecule has 1 aromatic rings. The van der Waals surface area contributed by atoms with Gasteiger partial charge in [-0.15, -0.1) is 0 Å². The van der Waals surface area contributed by atoms with Crippen molar-refractivity contribution in [3.8, 4) is 5.75 Å². The predicted molar refractivity (Wildman–Crippen MR) is 91.4 cm³/mol. The summed E-state index contributed by atoms with van der Waals surface area (Å²) in [5.74, 6) is -0.172. The van der Waals surface area contributed by atoms with Crippen molar-refractivity contribution in [3.63, 3.8) is 0 Å². The molecule has 1 aromatic carbocycles. The molecule has 2 N–H and O–H groups in total. The Balaban J connectivity index is 2.56. The minimum Gasteiger partial charge on any atom is -0.494 e. The van der Waals surface area contributed by atoms with Crippen LogP contribution in [0.3, 0.4) is 0 Å². The summed E-state index contributed by atoms with van der Waals surface area (Å²) in [5.41, 5.74) is 1.40. The molecular weight excluding hydrogens is 355 g/mol. The van der Waals surface area contributed by atoms with Crippen molar-refractivity contribution in [2.75, 3.05) is 13.7 Å². The molecule has 1 heterocycles. The van der Waals surface area contributed by atoms with Gasteiger partial charge in [0.15, 0.2) is 5.75 Å². The molecule has 0 spiro atoms. The Morgan fingerprint density at radius 2 is 1.88 bits per heavy atom. The number of urea groups is 1. The number of rotatable bonds is 5. The van der Waals surface area contributed by atoms with Gasteiger partial charge in [0.2, 0.25) is 0 Å². The van der Waals surface area contributed by atoms with E-state index in [0.717, 1.165) is 0 Å². The Morgan fingerprint density at radius 3 is 2.38 bits per heavy atom. The van der Waals surface area contributed by atoms with E-state index in [0.29, 0.717) is 29.0 Å². The number of nitrogens with one attached hydrogen (secondary N) is 2. The number of hydrogen-bond acceptors (Lipinski definition) is 4. The summed E-state index contributed by atoms with van der Waals surface area (Å²) >= 11 is 12.4. The molecule has 2 rings (SSSR count). The average Bonchev–Trinajstić information content (AvgIpc) is 2.53. The van der Waals surface area contributed by atoms with Crippen LogP contribution in [0.15, 0.2) is 23.4 Å². The highest BCUT2D eigenvalue weighted by Crippen LogP contribution is 2.38. The van der Waals surface area contributed by atoms with E-state index < -0.39 is 18.0 Å². The maximum absolute atomic E-state index is 12.4. The third-order valence-corrected chi connectivity index (χ3v) is 4.12. The summed E-state index contributed by atoms with van der Waals surface area (Å²) in [6.45, 7) is 3.78. The largest absolute Gasteiger partial charge is 0.494 e. The van der Waals surface area contributed by atoms with Gasteiger partial charge < -0.3 is 20.1 Å². The van der Waals surface area contributed by atoms with E-state index in [1.54, 1.807) is 19.1 Å². The van der Waals surface area contributed by atoms with Crippen LogP contribution in [0.4, 0.5) is 4.79 Å². The van der Waals surface area contributed by atoms with Gasteiger partial charge in [-0.1, -0.05) is 30.1 Å². The Bertz CT molecular complexity index is 680. The molecule has 0 aliphatic carbocycles. The summed E-state index contributed by atoms with van der Waals surface area (Å²) in [6.07, 6.45) is 0.468. The molecule has 0 saturated heterocycles. The summed E-state index contributed by atoms with van der Waals surface area (Å²) in [6, 6.07) is 2.09. The second-order valence-corrected chi connectivity index (χ2v) is 5.83. The lowest BCUT2D eigenvalue weighted by molar-refractivity contribution is -0.139. The van der Waals surface area contributed by atoms with Crippen molar-refractivity contribution >= 4 is 35.2 Å². The number of benzene rings is 1. The lowest BCUT2D eigenvalue weighted by Gasteiger charge is -2.29. The zero-order valence-corrected chi connectivity index (χ0v) is 15.0. The molecule has 0 saturated carbocycles. The fourth-order valence-corrected chi connectivity index (χ4v) is 3.20. The third kappa shape index (κ3) is 3.60. The standard InChI is InChI=1S/C16H18Cl2N2O4/c1-4-11-12(15(21)24-5-2)13(20-16(22)19-11)8-6-9(17)14(23-3)10(18)7-8/h6-7,13H,4-5H2,1-3H3,(H2,19,20,22). The fourth-order valence-electron chi connectivity index (χ4n) is 2.54. The molecule has 8 heteroatoms. The SMILES string of the molecule is CCOC(=O)C1=C(CC)NC(=O)NC1c1cc(Cl)c(OC)c(Cl)c1. The van der Waals surface area contributed by atoms with Crippen LogP contribution in [-0.4, -0.2) is 25.7 Å². The first kappa shape index (κ1) is 18.4. The maximum atomic E-state index is 12.4. The van der Waals surface area contributed by atoms with Crippen molar-refractivity contribution in [2.24, 2.45) is 0 Å². The van der Waals surface area contributed by atoms with Gasteiger partial charge in [-0.3, -0.25) is 0 Å². The number of amides is 2. The second-order valence-electron chi connectivity index (χ2n) is 5.02. The molecule has 1 aliphatic rings. The summed E-state index contributed by atoms with van der Waals surface area (Å²) in [4.78, 5) is 24.3. The van der Waals surface area contributed by atoms with Gasteiger partial charge in [0, 0.05) is 5.70 Å². The Labute approximate surface area is 150 Å². The van der Waals surface area contributed by atoms with E-state index >= 15 is 0 Å². The first-order valence-corrected chi connectivity index (χ1v) is 8.19. The zero-order chi connectivity index (χ0) is 17.9. The van der Waals surface area contributed by atoms with Gasteiger partial charge in [-0.2, -0.15) is 0 Å². The first-order chi connectivity index (χ1) is 11.4. The third-order valence-electron chi connectivity index (χ3n) is 3.56. The Hall–Kier alpha value is -1.92. The fraction of sp³-hybridized carbons (Fsp3) is 0.375. The van der Waals surface area contributed by atoms with Gasteiger partial charge in [0.05, 0.1) is 35.4 Å². The van der Waals surface area contributed by atoms with Gasteiger partial charge in [-0.05, 0) is 31.0 Å². The molecule has 0 aromatic heterocycles. The van der Waals surface area contributed by atoms with E-state index in [9.17, 15) is 9.59 Å². The van der Waals surface area contributed by atoms with Crippen LogP contribution < -0.4 is 15.4 Å². The van der Waals surface area contributed by atoms with E-state index in [-0.39, 0.29) is 16.7 Å². The molecule has 0 bridgehead atoms. The molecule has 1 atom stereocenters. The topological polar surface area (TPSA) is 76.7 Å². The quantitative estimate of drug-likeness (QED) is 0.774. The Morgan fingerprint density at radius 1 is 1.25 bits per heavy atom.